The molecular formula is C9H17NO. The third-order valence-electron chi connectivity index (χ3n) is 2.15. The van der Waals surface area contributed by atoms with Crippen LogP contribution in [-0.4, -0.2) is 7.05 Å². The van der Waals surface area contributed by atoms with E-state index >= 15 is 0 Å². The third kappa shape index (κ3) is 2.93. The summed E-state index contributed by atoms with van der Waals surface area (Å²) in [6, 6.07) is 0. The van der Waals surface area contributed by atoms with Gasteiger partial charge in [-0.1, -0.05) is 0 Å². The van der Waals surface area contributed by atoms with Crippen LogP contribution in [0.3, 0.4) is 0 Å². The van der Waals surface area contributed by atoms with Crippen LogP contribution in [0.5, 0.6) is 0 Å². The largest absolute Gasteiger partial charge is 0.414 e. The number of rotatable bonds is 4. The number of allylic oxidation sites excluding steroid dienone is 2. The number of nitrogens with one attached hydrogen (secondary N) is 1. The molecule has 1 fully saturated rings. The highest BCUT2D eigenvalue weighted by Gasteiger charge is 2.22. The van der Waals surface area contributed by atoms with Crippen molar-refractivity contribution >= 4 is 0 Å². The van der Waals surface area contributed by atoms with E-state index in [-0.39, 0.29) is 0 Å². The Balaban J connectivity index is 2.32. The van der Waals surface area contributed by atoms with Gasteiger partial charge >= 0.3 is 0 Å². The summed E-state index contributed by atoms with van der Waals surface area (Å²) < 4.78 is 0. The fourth-order valence-electron chi connectivity index (χ4n) is 1.14. The molecule has 1 N–H and O–H groups in total. The lowest BCUT2D eigenvalue weighted by Crippen LogP contribution is -2.06. The highest BCUT2D eigenvalue weighted by molar-refractivity contribution is 5.05. The van der Waals surface area contributed by atoms with Crippen molar-refractivity contribution in [3.05, 3.63) is 11.3 Å². The van der Waals surface area contributed by atoms with E-state index in [9.17, 15) is 0 Å². The fraction of sp³-hybridized carbons (Fsp3) is 0.778. The maximum absolute atomic E-state index is 5.16. The average molecular weight is 155 g/mol. The molecule has 0 aromatic rings. The van der Waals surface area contributed by atoms with E-state index in [1.54, 1.807) is 7.05 Å². The first kappa shape index (κ1) is 8.60. The Morgan fingerprint density at radius 1 is 1.45 bits per heavy atom. The van der Waals surface area contributed by atoms with Crippen LogP contribution in [0.25, 0.3) is 0 Å². The van der Waals surface area contributed by atoms with E-state index in [1.807, 2.05) is 6.92 Å². The Kier molecular flexibility index (Phi) is 2.94. The van der Waals surface area contributed by atoms with Crippen LogP contribution >= 0.6 is 0 Å². The molecule has 1 aliphatic rings. The number of hydroxylamine groups is 1. The van der Waals surface area contributed by atoms with Gasteiger partial charge in [-0.25, -0.2) is 0 Å². The van der Waals surface area contributed by atoms with Crippen molar-refractivity contribution in [2.75, 3.05) is 7.05 Å². The minimum atomic E-state index is 0.949. The van der Waals surface area contributed by atoms with E-state index in [1.165, 1.54) is 24.8 Å². The van der Waals surface area contributed by atoms with Crippen LogP contribution < -0.4 is 5.48 Å². The fourth-order valence-corrected chi connectivity index (χ4v) is 1.14. The molecule has 2 nitrogen and oxygen atoms in total. The molecule has 0 radical (unpaired) electrons. The number of hydrogen-bond donors (Lipinski definition) is 1. The van der Waals surface area contributed by atoms with Crippen molar-refractivity contribution in [1.82, 2.24) is 5.48 Å². The second-order valence-electron chi connectivity index (χ2n) is 3.29. The van der Waals surface area contributed by atoms with Gasteiger partial charge in [0.1, 0.15) is 5.76 Å². The van der Waals surface area contributed by atoms with Gasteiger partial charge in [0.05, 0.1) is 0 Å². The van der Waals surface area contributed by atoms with Crippen molar-refractivity contribution in [3.8, 4) is 0 Å². The van der Waals surface area contributed by atoms with Gasteiger partial charge < -0.3 is 4.84 Å². The minimum absolute atomic E-state index is 0.949. The summed E-state index contributed by atoms with van der Waals surface area (Å²) in [6.07, 6.45) is 4.03. The highest BCUT2D eigenvalue weighted by Crippen LogP contribution is 2.35. The van der Waals surface area contributed by atoms with Gasteiger partial charge in [-0.05, 0) is 44.6 Å². The molecule has 2 heteroatoms. The zero-order valence-corrected chi connectivity index (χ0v) is 7.61. The summed E-state index contributed by atoms with van der Waals surface area (Å²) in [7, 11) is 1.79. The van der Waals surface area contributed by atoms with Crippen LogP contribution in [0.1, 0.15) is 33.1 Å². The van der Waals surface area contributed by atoms with E-state index in [4.69, 9.17) is 4.84 Å². The van der Waals surface area contributed by atoms with Gasteiger partial charge in [0, 0.05) is 7.05 Å². The molecule has 0 saturated heterocycles. The zero-order valence-electron chi connectivity index (χ0n) is 7.61. The Morgan fingerprint density at radius 3 is 2.55 bits per heavy atom. The molecule has 0 aliphatic heterocycles. The molecule has 1 aliphatic carbocycles. The summed E-state index contributed by atoms with van der Waals surface area (Å²) in [6.45, 7) is 4.15. The zero-order chi connectivity index (χ0) is 8.27. The average Bonchev–Trinajstić information content (AvgIpc) is 2.72. The monoisotopic (exact) mass is 155 g/mol. The van der Waals surface area contributed by atoms with E-state index in [0.29, 0.717) is 0 Å². The predicted molar refractivity (Wildman–Crippen MR) is 45.9 cm³/mol. The Labute approximate surface area is 68.6 Å². The highest BCUT2D eigenvalue weighted by atomic mass is 16.6. The summed E-state index contributed by atoms with van der Waals surface area (Å²) in [4.78, 5) is 5.16. The second-order valence-corrected chi connectivity index (χ2v) is 3.29. The molecule has 0 spiro atoms. The van der Waals surface area contributed by atoms with Gasteiger partial charge in [0.15, 0.2) is 0 Å². The van der Waals surface area contributed by atoms with Gasteiger partial charge in [0.2, 0.25) is 0 Å². The smallest absolute Gasteiger partial charge is 0.120 e. The van der Waals surface area contributed by atoms with Gasteiger partial charge in [-0.3, -0.25) is 0 Å². The molecule has 0 aromatic carbocycles. The first-order valence-corrected chi connectivity index (χ1v) is 4.24. The maximum atomic E-state index is 5.16. The first-order chi connectivity index (χ1) is 5.24. The predicted octanol–water partition coefficient (Wildman–Crippen LogP) is 2.23. The van der Waals surface area contributed by atoms with Gasteiger partial charge in [0.25, 0.3) is 0 Å². The molecule has 0 amide bonds. The Bertz CT molecular complexity index is 159. The van der Waals surface area contributed by atoms with Crippen molar-refractivity contribution < 1.29 is 4.84 Å². The Hall–Kier alpha value is -0.500. The van der Waals surface area contributed by atoms with Crippen LogP contribution in [0.2, 0.25) is 0 Å². The van der Waals surface area contributed by atoms with Crippen LogP contribution in [0, 0.1) is 5.92 Å². The summed E-state index contributed by atoms with van der Waals surface area (Å²) in [5.74, 6) is 1.98. The third-order valence-corrected chi connectivity index (χ3v) is 2.15. The molecule has 0 aromatic heterocycles. The lowest BCUT2D eigenvalue weighted by atomic mass is 10.1. The van der Waals surface area contributed by atoms with Crippen molar-refractivity contribution in [2.24, 2.45) is 5.92 Å². The lowest BCUT2D eigenvalue weighted by molar-refractivity contribution is 0.124. The van der Waals surface area contributed by atoms with Gasteiger partial charge in [-0.15, -0.1) is 0 Å². The molecule has 1 saturated carbocycles. The molecule has 64 valence electrons. The standard InChI is InChI=1S/C9H17NO/c1-7(6-9-4-5-9)8(2)11-10-3/h9-10H,4-6H2,1-3H3/b8-7-. The summed E-state index contributed by atoms with van der Waals surface area (Å²) >= 11 is 0. The molecule has 0 heterocycles. The molecule has 11 heavy (non-hydrogen) atoms. The van der Waals surface area contributed by atoms with E-state index < -0.39 is 0 Å². The molecule has 1 rings (SSSR count). The lowest BCUT2D eigenvalue weighted by Gasteiger charge is -2.06. The van der Waals surface area contributed by atoms with Gasteiger partial charge in [-0.2, -0.15) is 5.48 Å². The van der Waals surface area contributed by atoms with Crippen molar-refractivity contribution in [3.63, 3.8) is 0 Å². The minimum Gasteiger partial charge on any atom is -0.414 e. The molecule has 0 bridgehead atoms. The quantitative estimate of drug-likeness (QED) is 0.496. The first-order valence-electron chi connectivity index (χ1n) is 4.24. The van der Waals surface area contributed by atoms with Crippen molar-refractivity contribution in [1.29, 1.82) is 0 Å². The van der Waals surface area contributed by atoms with E-state index in [0.717, 1.165) is 11.7 Å². The SMILES string of the molecule is CNO/C(C)=C(/C)CC1CC1. The van der Waals surface area contributed by atoms with Crippen LogP contribution in [-0.2, 0) is 4.84 Å². The second kappa shape index (κ2) is 3.77. The normalized spacial score (nSPS) is 19.5. The Morgan fingerprint density at radius 2 is 2.09 bits per heavy atom. The number of hydrogen-bond acceptors (Lipinski definition) is 2. The van der Waals surface area contributed by atoms with Crippen molar-refractivity contribution in [2.45, 2.75) is 33.1 Å². The summed E-state index contributed by atoms with van der Waals surface area (Å²) in [5, 5.41) is 0. The maximum Gasteiger partial charge on any atom is 0.120 e. The summed E-state index contributed by atoms with van der Waals surface area (Å²) in [5.41, 5.74) is 4.06. The molecular weight excluding hydrogens is 138 g/mol. The molecule has 0 atom stereocenters. The topological polar surface area (TPSA) is 21.3 Å². The molecule has 0 unspecified atom stereocenters. The van der Waals surface area contributed by atoms with Crippen LogP contribution in [0.4, 0.5) is 0 Å². The van der Waals surface area contributed by atoms with E-state index in [2.05, 4.69) is 12.4 Å². The van der Waals surface area contributed by atoms with Crippen LogP contribution in [0.15, 0.2) is 11.3 Å².